The number of hydrogen-bond donors (Lipinski definition) is 0. The molecule has 17 heavy (non-hydrogen) atoms. The Balaban J connectivity index is 1.53. The van der Waals surface area contributed by atoms with Gasteiger partial charge in [-0.15, -0.1) is 0 Å². The Hall–Kier alpha value is -0.120. The molecule has 98 valence electrons. The van der Waals surface area contributed by atoms with Crippen LogP contribution in [0.3, 0.4) is 0 Å². The van der Waals surface area contributed by atoms with Gasteiger partial charge in [-0.3, -0.25) is 0 Å². The first-order valence-electron chi connectivity index (χ1n) is 7.05. The number of nitrogens with zero attached hydrogens (tertiary/aromatic N) is 1. The standard InChI is InChI=1S/C14H25NO2/c1-16-12-14(2-3-14)11-15-7-4-13(10-15)5-8-17-9-6-13/h2-12H2,1H3. The van der Waals surface area contributed by atoms with Crippen molar-refractivity contribution in [1.29, 1.82) is 0 Å². The molecule has 2 saturated heterocycles. The lowest BCUT2D eigenvalue weighted by atomic mass is 9.80. The summed E-state index contributed by atoms with van der Waals surface area (Å²) in [4.78, 5) is 2.69. The molecular weight excluding hydrogens is 214 g/mol. The topological polar surface area (TPSA) is 21.7 Å². The van der Waals surface area contributed by atoms with E-state index >= 15 is 0 Å². The summed E-state index contributed by atoms with van der Waals surface area (Å²) >= 11 is 0. The summed E-state index contributed by atoms with van der Waals surface area (Å²) in [7, 11) is 1.84. The Bertz CT molecular complexity index is 269. The van der Waals surface area contributed by atoms with Crippen molar-refractivity contribution in [2.75, 3.05) is 46.6 Å². The highest BCUT2D eigenvalue weighted by Gasteiger charge is 2.47. The molecular formula is C14H25NO2. The van der Waals surface area contributed by atoms with Gasteiger partial charge in [0.2, 0.25) is 0 Å². The van der Waals surface area contributed by atoms with Gasteiger partial charge in [-0.1, -0.05) is 0 Å². The molecule has 0 aromatic heterocycles. The van der Waals surface area contributed by atoms with Gasteiger partial charge in [0.1, 0.15) is 0 Å². The molecule has 0 aromatic rings. The number of rotatable bonds is 4. The van der Waals surface area contributed by atoms with Crippen LogP contribution >= 0.6 is 0 Å². The van der Waals surface area contributed by atoms with E-state index in [1.165, 1.54) is 51.7 Å². The molecule has 2 heterocycles. The third kappa shape index (κ3) is 2.51. The lowest BCUT2D eigenvalue weighted by Gasteiger charge is -2.33. The fourth-order valence-corrected chi connectivity index (χ4v) is 3.68. The Labute approximate surface area is 104 Å². The minimum absolute atomic E-state index is 0.519. The van der Waals surface area contributed by atoms with Crippen LogP contribution in [0.1, 0.15) is 32.1 Å². The molecule has 0 radical (unpaired) electrons. The normalized spacial score (nSPS) is 30.9. The van der Waals surface area contributed by atoms with Gasteiger partial charge in [0.15, 0.2) is 0 Å². The average molecular weight is 239 g/mol. The molecule has 1 spiro atoms. The van der Waals surface area contributed by atoms with Crippen molar-refractivity contribution in [3.8, 4) is 0 Å². The van der Waals surface area contributed by atoms with Gasteiger partial charge < -0.3 is 14.4 Å². The van der Waals surface area contributed by atoms with Gasteiger partial charge in [0, 0.05) is 38.8 Å². The minimum atomic E-state index is 0.519. The molecule has 0 N–H and O–H groups in total. The molecule has 1 saturated carbocycles. The second-order valence-electron chi connectivity index (χ2n) is 6.51. The highest BCUT2D eigenvalue weighted by atomic mass is 16.5. The maximum absolute atomic E-state index is 5.50. The molecule has 2 aliphatic heterocycles. The predicted octanol–water partition coefficient (Wildman–Crippen LogP) is 1.92. The fourth-order valence-electron chi connectivity index (χ4n) is 3.68. The maximum Gasteiger partial charge on any atom is 0.0530 e. The predicted molar refractivity (Wildman–Crippen MR) is 67.1 cm³/mol. The van der Waals surface area contributed by atoms with Crippen LogP contribution in [0.4, 0.5) is 0 Å². The second-order valence-corrected chi connectivity index (χ2v) is 6.51. The zero-order chi connectivity index (χ0) is 11.8. The third-order valence-corrected chi connectivity index (χ3v) is 5.04. The van der Waals surface area contributed by atoms with Gasteiger partial charge >= 0.3 is 0 Å². The first kappa shape index (κ1) is 11.9. The number of hydrogen-bond acceptors (Lipinski definition) is 3. The highest BCUT2D eigenvalue weighted by molar-refractivity contribution is 4.99. The van der Waals surface area contributed by atoms with Gasteiger partial charge in [0.25, 0.3) is 0 Å². The molecule has 3 rings (SSSR count). The monoisotopic (exact) mass is 239 g/mol. The summed E-state index contributed by atoms with van der Waals surface area (Å²) in [6.45, 7) is 6.80. The van der Waals surface area contributed by atoms with Crippen LogP contribution in [0.25, 0.3) is 0 Å². The molecule has 0 bridgehead atoms. The summed E-state index contributed by atoms with van der Waals surface area (Å²) in [6, 6.07) is 0. The summed E-state index contributed by atoms with van der Waals surface area (Å²) < 4.78 is 10.9. The van der Waals surface area contributed by atoms with Crippen LogP contribution in [0.15, 0.2) is 0 Å². The second kappa shape index (κ2) is 4.52. The Morgan fingerprint density at radius 3 is 2.53 bits per heavy atom. The van der Waals surface area contributed by atoms with Crippen LogP contribution < -0.4 is 0 Å². The zero-order valence-corrected chi connectivity index (χ0v) is 11.0. The average Bonchev–Trinajstić information content (AvgIpc) is 2.98. The van der Waals surface area contributed by atoms with Crippen LogP contribution in [-0.4, -0.2) is 51.5 Å². The molecule has 3 nitrogen and oxygen atoms in total. The van der Waals surface area contributed by atoms with Gasteiger partial charge in [-0.25, -0.2) is 0 Å². The van der Waals surface area contributed by atoms with Crippen molar-refractivity contribution in [2.45, 2.75) is 32.1 Å². The van der Waals surface area contributed by atoms with Crippen LogP contribution in [0.2, 0.25) is 0 Å². The largest absolute Gasteiger partial charge is 0.384 e. The van der Waals surface area contributed by atoms with E-state index in [1.54, 1.807) is 0 Å². The maximum atomic E-state index is 5.50. The zero-order valence-electron chi connectivity index (χ0n) is 11.0. The van der Waals surface area contributed by atoms with Crippen LogP contribution in [0, 0.1) is 10.8 Å². The summed E-state index contributed by atoms with van der Waals surface area (Å²) in [5, 5.41) is 0. The van der Waals surface area contributed by atoms with E-state index in [9.17, 15) is 0 Å². The fraction of sp³-hybridized carbons (Fsp3) is 1.00. The van der Waals surface area contributed by atoms with E-state index in [2.05, 4.69) is 4.90 Å². The van der Waals surface area contributed by atoms with Crippen molar-refractivity contribution in [3.05, 3.63) is 0 Å². The smallest absolute Gasteiger partial charge is 0.0530 e. The van der Waals surface area contributed by atoms with E-state index in [0.717, 1.165) is 19.8 Å². The summed E-state index contributed by atoms with van der Waals surface area (Å²) in [5.74, 6) is 0. The number of ether oxygens (including phenoxy) is 2. The molecule has 0 unspecified atom stereocenters. The number of likely N-dealkylation sites (tertiary alicyclic amines) is 1. The summed E-state index contributed by atoms with van der Waals surface area (Å²) in [5.41, 5.74) is 1.12. The van der Waals surface area contributed by atoms with E-state index in [4.69, 9.17) is 9.47 Å². The van der Waals surface area contributed by atoms with Crippen molar-refractivity contribution in [2.24, 2.45) is 10.8 Å². The Kier molecular flexibility index (Phi) is 3.18. The lowest BCUT2D eigenvalue weighted by Crippen LogP contribution is -2.36. The molecule has 3 aliphatic rings. The van der Waals surface area contributed by atoms with Gasteiger partial charge in [-0.05, 0) is 44.1 Å². The Morgan fingerprint density at radius 2 is 1.88 bits per heavy atom. The first-order valence-corrected chi connectivity index (χ1v) is 7.05. The van der Waals surface area contributed by atoms with E-state index in [0.29, 0.717) is 10.8 Å². The first-order chi connectivity index (χ1) is 8.26. The van der Waals surface area contributed by atoms with Gasteiger partial charge in [0.05, 0.1) is 6.61 Å². The molecule has 3 heteroatoms. The molecule has 1 aliphatic carbocycles. The van der Waals surface area contributed by atoms with Crippen molar-refractivity contribution in [3.63, 3.8) is 0 Å². The van der Waals surface area contributed by atoms with E-state index < -0.39 is 0 Å². The minimum Gasteiger partial charge on any atom is -0.384 e. The SMILES string of the molecule is COCC1(CN2CCC3(CCOCC3)C2)CC1. The third-order valence-electron chi connectivity index (χ3n) is 5.04. The molecule has 3 fully saturated rings. The molecule has 0 aromatic carbocycles. The lowest BCUT2D eigenvalue weighted by molar-refractivity contribution is 0.0173. The Morgan fingerprint density at radius 1 is 1.12 bits per heavy atom. The van der Waals surface area contributed by atoms with Crippen LogP contribution in [-0.2, 0) is 9.47 Å². The molecule has 0 atom stereocenters. The summed E-state index contributed by atoms with van der Waals surface area (Å²) in [6.07, 6.45) is 6.68. The highest BCUT2D eigenvalue weighted by Crippen LogP contribution is 2.48. The van der Waals surface area contributed by atoms with Crippen LogP contribution in [0.5, 0.6) is 0 Å². The van der Waals surface area contributed by atoms with E-state index in [1.807, 2.05) is 7.11 Å². The van der Waals surface area contributed by atoms with Gasteiger partial charge in [-0.2, -0.15) is 0 Å². The number of methoxy groups -OCH3 is 1. The van der Waals surface area contributed by atoms with Crippen molar-refractivity contribution in [1.82, 2.24) is 4.90 Å². The van der Waals surface area contributed by atoms with Crippen molar-refractivity contribution >= 4 is 0 Å². The van der Waals surface area contributed by atoms with E-state index in [-0.39, 0.29) is 0 Å². The quantitative estimate of drug-likeness (QED) is 0.748. The van der Waals surface area contributed by atoms with Crippen molar-refractivity contribution < 1.29 is 9.47 Å². The molecule has 0 amide bonds.